The Hall–Kier alpha value is -3.49. The van der Waals surface area contributed by atoms with Crippen LogP contribution >= 0.6 is 0 Å². The molecule has 0 fully saturated rings. The Morgan fingerprint density at radius 3 is 2.60 bits per heavy atom. The summed E-state index contributed by atoms with van der Waals surface area (Å²) in [7, 11) is 1.48. The summed E-state index contributed by atoms with van der Waals surface area (Å²) in [5, 5.41) is 12.3. The second-order valence-corrected chi connectivity index (χ2v) is 7.11. The predicted molar refractivity (Wildman–Crippen MR) is 109 cm³/mol. The molecule has 0 unspecified atom stereocenters. The lowest BCUT2D eigenvalue weighted by molar-refractivity contribution is -0.142. The molecule has 0 radical (unpaired) electrons. The zero-order valence-corrected chi connectivity index (χ0v) is 17.3. The van der Waals surface area contributed by atoms with Gasteiger partial charge in [-0.1, -0.05) is 30.3 Å². The van der Waals surface area contributed by atoms with E-state index in [9.17, 15) is 14.4 Å². The van der Waals surface area contributed by atoms with Crippen LogP contribution in [0.25, 0.3) is 0 Å². The van der Waals surface area contributed by atoms with E-state index in [0.717, 1.165) is 27.5 Å². The molecule has 2 aromatic rings. The maximum Gasteiger partial charge on any atom is 0.355 e. The summed E-state index contributed by atoms with van der Waals surface area (Å²) in [5.74, 6) is -1.27. The van der Waals surface area contributed by atoms with Crippen LogP contribution < -0.4 is 5.32 Å². The minimum Gasteiger partial charge on any atom is -0.451 e. The van der Waals surface area contributed by atoms with Crippen molar-refractivity contribution in [2.45, 2.75) is 39.8 Å². The van der Waals surface area contributed by atoms with Crippen LogP contribution in [0.3, 0.4) is 0 Å². The van der Waals surface area contributed by atoms with Gasteiger partial charge in [-0.2, -0.15) is 10.2 Å². The van der Waals surface area contributed by atoms with E-state index in [-0.39, 0.29) is 24.5 Å². The standard InChI is InChI=1S/C21H25N5O4/c1-14-17(15(2)26(23-14)12-16-7-5-4-6-8-16)11-22-19(27)13-30-21(29)18-9-10-20(28)25(3)24-18/h4-8H,9-13H2,1-3H3,(H,22,27). The Morgan fingerprint density at radius 2 is 1.90 bits per heavy atom. The number of carbonyl (C=O) groups is 3. The number of carbonyl (C=O) groups excluding carboxylic acids is 3. The lowest BCUT2D eigenvalue weighted by atomic mass is 10.2. The van der Waals surface area contributed by atoms with Crippen LogP contribution in [0.15, 0.2) is 35.4 Å². The maximum atomic E-state index is 12.1. The molecule has 1 aliphatic rings. The largest absolute Gasteiger partial charge is 0.451 e. The minimum absolute atomic E-state index is 0.138. The molecule has 0 spiro atoms. The minimum atomic E-state index is -0.687. The number of nitrogens with zero attached hydrogens (tertiary/aromatic N) is 4. The predicted octanol–water partition coefficient (Wildman–Crippen LogP) is 1.32. The summed E-state index contributed by atoms with van der Waals surface area (Å²) in [6, 6.07) is 10.0. The Morgan fingerprint density at radius 1 is 1.17 bits per heavy atom. The highest BCUT2D eigenvalue weighted by Gasteiger charge is 2.23. The second kappa shape index (κ2) is 9.34. The van der Waals surface area contributed by atoms with Gasteiger partial charge in [-0.25, -0.2) is 9.80 Å². The Bertz CT molecular complexity index is 981. The normalized spacial score (nSPS) is 13.8. The molecule has 0 saturated heterocycles. The molecule has 1 N–H and O–H groups in total. The molecular weight excluding hydrogens is 386 g/mol. The van der Waals surface area contributed by atoms with E-state index >= 15 is 0 Å². The van der Waals surface area contributed by atoms with Gasteiger partial charge in [0.2, 0.25) is 5.91 Å². The van der Waals surface area contributed by atoms with Crippen molar-refractivity contribution in [1.82, 2.24) is 20.1 Å². The molecule has 1 aromatic heterocycles. The summed E-state index contributed by atoms with van der Waals surface area (Å²) in [6.07, 6.45) is 0.408. The SMILES string of the molecule is Cc1nn(Cc2ccccc2)c(C)c1CNC(=O)COC(=O)C1=NN(C)C(=O)CC1. The van der Waals surface area contributed by atoms with Gasteiger partial charge >= 0.3 is 5.97 Å². The molecule has 3 rings (SSSR count). The van der Waals surface area contributed by atoms with Crippen molar-refractivity contribution in [3.05, 3.63) is 52.8 Å². The first-order chi connectivity index (χ1) is 14.3. The topological polar surface area (TPSA) is 106 Å². The molecule has 0 aliphatic carbocycles. The van der Waals surface area contributed by atoms with Crippen molar-refractivity contribution in [2.24, 2.45) is 5.10 Å². The summed E-state index contributed by atoms with van der Waals surface area (Å²) < 4.78 is 6.93. The first kappa shape index (κ1) is 21.2. The quantitative estimate of drug-likeness (QED) is 0.692. The van der Waals surface area contributed by atoms with Crippen LogP contribution in [0.2, 0.25) is 0 Å². The summed E-state index contributed by atoms with van der Waals surface area (Å²) in [6.45, 7) is 4.39. The number of aryl methyl sites for hydroxylation is 1. The molecule has 1 aromatic carbocycles. The Labute approximate surface area is 174 Å². The number of hydrogen-bond acceptors (Lipinski definition) is 6. The van der Waals surface area contributed by atoms with E-state index in [0.29, 0.717) is 13.1 Å². The lowest BCUT2D eigenvalue weighted by Gasteiger charge is -2.18. The number of amides is 2. The van der Waals surface area contributed by atoms with E-state index in [1.54, 1.807) is 0 Å². The molecular formula is C21H25N5O4. The fraction of sp³-hybridized carbons (Fsp3) is 0.381. The third kappa shape index (κ3) is 5.11. The van der Waals surface area contributed by atoms with Gasteiger partial charge in [-0.3, -0.25) is 14.3 Å². The molecule has 2 heterocycles. The van der Waals surface area contributed by atoms with Crippen molar-refractivity contribution < 1.29 is 19.1 Å². The molecule has 1 aliphatic heterocycles. The van der Waals surface area contributed by atoms with Gasteiger partial charge in [0, 0.05) is 37.7 Å². The maximum absolute atomic E-state index is 12.1. The number of hydrazone groups is 1. The van der Waals surface area contributed by atoms with Crippen LogP contribution in [0.4, 0.5) is 0 Å². The molecule has 0 atom stereocenters. The van der Waals surface area contributed by atoms with Gasteiger partial charge in [0.1, 0.15) is 5.71 Å². The zero-order chi connectivity index (χ0) is 21.7. The fourth-order valence-corrected chi connectivity index (χ4v) is 3.17. The van der Waals surface area contributed by atoms with E-state index in [4.69, 9.17) is 4.74 Å². The number of ether oxygens (including phenoxy) is 1. The van der Waals surface area contributed by atoms with Gasteiger partial charge in [-0.05, 0) is 19.4 Å². The third-order valence-corrected chi connectivity index (χ3v) is 4.95. The Balaban J connectivity index is 1.52. The highest BCUT2D eigenvalue weighted by molar-refractivity contribution is 6.37. The van der Waals surface area contributed by atoms with Crippen molar-refractivity contribution >= 4 is 23.5 Å². The molecule has 2 amide bonds. The van der Waals surface area contributed by atoms with Gasteiger partial charge in [-0.15, -0.1) is 0 Å². The Kier molecular flexibility index (Phi) is 6.61. The molecule has 30 heavy (non-hydrogen) atoms. The van der Waals surface area contributed by atoms with Crippen molar-refractivity contribution in [3.63, 3.8) is 0 Å². The molecule has 9 nitrogen and oxygen atoms in total. The zero-order valence-electron chi connectivity index (χ0n) is 17.3. The van der Waals surface area contributed by atoms with Crippen LogP contribution in [0.5, 0.6) is 0 Å². The van der Waals surface area contributed by atoms with Crippen molar-refractivity contribution in [1.29, 1.82) is 0 Å². The summed E-state index contributed by atoms with van der Waals surface area (Å²) >= 11 is 0. The van der Waals surface area contributed by atoms with Crippen molar-refractivity contribution in [2.75, 3.05) is 13.7 Å². The number of aromatic nitrogens is 2. The first-order valence-corrected chi connectivity index (χ1v) is 9.70. The van der Waals surface area contributed by atoms with E-state index in [1.165, 1.54) is 7.05 Å². The summed E-state index contributed by atoms with van der Waals surface area (Å²) in [5.41, 5.74) is 4.02. The van der Waals surface area contributed by atoms with Gasteiger partial charge in [0.15, 0.2) is 6.61 Å². The fourth-order valence-electron chi connectivity index (χ4n) is 3.17. The summed E-state index contributed by atoms with van der Waals surface area (Å²) in [4.78, 5) is 35.6. The van der Waals surface area contributed by atoms with Crippen LogP contribution in [0.1, 0.15) is 35.4 Å². The highest BCUT2D eigenvalue weighted by atomic mass is 16.5. The monoisotopic (exact) mass is 411 g/mol. The second-order valence-electron chi connectivity index (χ2n) is 7.11. The van der Waals surface area contributed by atoms with Crippen LogP contribution in [-0.4, -0.2) is 51.9 Å². The molecule has 0 bridgehead atoms. The van der Waals surface area contributed by atoms with E-state index < -0.39 is 18.5 Å². The van der Waals surface area contributed by atoms with Gasteiger partial charge in [0.05, 0.1) is 12.2 Å². The van der Waals surface area contributed by atoms with E-state index in [1.807, 2.05) is 48.9 Å². The average molecular weight is 411 g/mol. The number of esters is 1. The smallest absolute Gasteiger partial charge is 0.355 e. The lowest BCUT2D eigenvalue weighted by Crippen LogP contribution is -2.34. The van der Waals surface area contributed by atoms with Crippen LogP contribution in [0, 0.1) is 13.8 Å². The number of rotatable bonds is 7. The molecule has 0 saturated carbocycles. The van der Waals surface area contributed by atoms with Gasteiger partial charge < -0.3 is 10.1 Å². The average Bonchev–Trinajstić information content (AvgIpc) is 3.00. The van der Waals surface area contributed by atoms with Gasteiger partial charge in [0.25, 0.3) is 5.91 Å². The first-order valence-electron chi connectivity index (χ1n) is 9.70. The number of benzene rings is 1. The van der Waals surface area contributed by atoms with E-state index in [2.05, 4.69) is 15.5 Å². The van der Waals surface area contributed by atoms with Crippen molar-refractivity contribution in [3.8, 4) is 0 Å². The number of nitrogens with one attached hydrogen (secondary N) is 1. The molecule has 9 heteroatoms. The number of hydrogen-bond donors (Lipinski definition) is 1. The third-order valence-electron chi connectivity index (χ3n) is 4.95. The van der Waals surface area contributed by atoms with Crippen LogP contribution in [-0.2, 0) is 32.2 Å². The highest BCUT2D eigenvalue weighted by Crippen LogP contribution is 2.15. The molecule has 158 valence electrons.